The number of Topliss-reactive ketones (excluding diaryl/α,β-unsaturated/α-hetero) is 1. The van der Waals surface area contributed by atoms with Gasteiger partial charge in [-0.2, -0.15) is 0 Å². The molecular formula is C15H26N4O7. The Balaban J connectivity index is 4.23. The maximum atomic E-state index is 11.6. The zero-order chi connectivity index (χ0) is 20.1. The van der Waals surface area contributed by atoms with E-state index in [9.17, 15) is 24.0 Å². The van der Waals surface area contributed by atoms with Crippen LogP contribution in [0.3, 0.4) is 0 Å². The fourth-order valence-electron chi connectivity index (χ4n) is 1.69. The molecule has 0 aromatic heterocycles. The molecule has 0 aromatic carbocycles. The Kier molecular flexibility index (Phi) is 11.9. The van der Waals surface area contributed by atoms with Crippen LogP contribution in [0, 0.1) is 0 Å². The number of hydrogen-bond donors (Lipinski definition) is 4. The Morgan fingerprint density at radius 2 is 1.19 bits per heavy atom. The SMILES string of the molecule is NCCC[C@H](N)C(=O)OC(=O)CCC(=O)C(=O)OC(=O)[C@@H](N)CCCN. The highest BCUT2D eigenvalue weighted by Gasteiger charge is 2.25. The molecule has 0 aliphatic carbocycles. The van der Waals surface area contributed by atoms with E-state index in [0.29, 0.717) is 25.9 Å². The third-order valence-corrected chi connectivity index (χ3v) is 3.24. The summed E-state index contributed by atoms with van der Waals surface area (Å²) in [6.45, 7) is 0.644. The minimum absolute atomic E-state index is 0.204. The molecule has 0 aliphatic rings. The molecule has 0 bridgehead atoms. The summed E-state index contributed by atoms with van der Waals surface area (Å²) < 4.78 is 8.78. The number of rotatable bonds is 12. The molecule has 0 rings (SSSR count). The largest absolute Gasteiger partial charge is 0.392 e. The Labute approximate surface area is 150 Å². The molecule has 0 fully saturated rings. The number of carbonyl (C=O) groups is 5. The van der Waals surface area contributed by atoms with E-state index in [1.807, 2.05) is 0 Å². The second kappa shape index (κ2) is 13.1. The van der Waals surface area contributed by atoms with Crippen molar-refractivity contribution in [2.75, 3.05) is 13.1 Å². The highest BCUT2D eigenvalue weighted by molar-refractivity contribution is 6.35. The Morgan fingerprint density at radius 3 is 1.65 bits per heavy atom. The first-order valence-electron chi connectivity index (χ1n) is 8.17. The molecular weight excluding hydrogens is 348 g/mol. The van der Waals surface area contributed by atoms with Crippen molar-refractivity contribution in [3.8, 4) is 0 Å². The summed E-state index contributed by atoms with van der Waals surface area (Å²) in [5.41, 5.74) is 21.5. The molecule has 0 unspecified atom stereocenters. The van der Waals surface area contributed by atoms with Gasteiger partial charge in [0, 0.05) is 6.42 Å². The van der Waals surface area contributed by atoms with Crippen molar-refractivity contribution in [1.82, 2.24) is 0 Å². The van der Waals surface area contributed by atoms with E-state index in [4.69, 9.17) is 22.9 Å². The predicted octanol–water partition coefficient (Wildman–Crippen LogP) is -2.39. The molecule has 0 aromatic rings. The van der Waals surface area contributed by atoms with Crippen LogP contribution in [0.2, 0.25) is 0 Å². The van der Waals surface area contributed by atoms with Crippen molar-refractivity contribution in [3.05, 3.63) is 0 Å². The first-order chi connectivity index (χ1) is 12.2. The highest BCUT2D eigenvalue weighted by atomic mass is 16.6. The smallest absolute Gasteiger partial charge is 0.382 e. The summed E-state index contributed by atoms with van der Waals surface area (Å²) in [7, 11) is 0. The van der Waals surface area contributed by atoms with Gasteiger partial charge in [-0.25, -0.2) is 14.4 Å². The molecule has 0 heterocycles. The van der Waals surface area contributed by atoms with Gasteiger partial charge >= 0.3 is 23.9 Å². The number of ether oxygens (including phenoxy) is 2. The van der Waals surface area contributed by atoms with Crippen molar-refractivity contribution in [1.29, 1.82) is 0 Å². The predicted molar refractivity (Wildman–Crippen MR) is 89.0 cm³/mol. The number of ketones is 1. The average Bonchev–Trinajstić information content (AvgIpc) is 2.61. The molecule has 26 heavy (non-hydrogen) atoms. The van der Waals surface area contributed by atoms with Crippen molar-refractivity contribution in [2.24, 2.45) is 22.9 Å². The van der Waals surface area contributed by atoms with Crippen LogP contribution in [0.15, 0.2) is 0 Å². The third-order valence-electron chi connectivity index (χ3n) is 3.24. The van der Waals surface area contributed by atoms with Gasteiger partial charge in [-0.05, 0) is 38.8 Å². The van der Waals surface area contributed by atoms with E-state index >= 15 is 0 Å². The fraction of sp³-hybridized carbons (Fsp3) is 0.667. The van der Waals surface area contributed by atoms with Gasteiger partial charge in [0.05, 0.1) is 6.42 Å². The van der Waals surface area contributed by atoms with Crippen molar-refractivity contribution >= 4 is 29.7 Å². The number of carbonyl (C=O) groups excluding carboxylic acids is 5. The average molecular weight is 374 g/mol. The zero-order valence-electron chi connectivity index (χ0n) is 14.5. The van der Waals surface area contributed by atoms with Gasteiger partial charge in [0.25, 0.3) is 0 Å². The summed E-state index contributed by atoms with van der Waals surface area (Å²) in [5.74, 6) is -5.58. The summed E-state index contributed by atoms with van der Waals surface area (Å²) in [6, 6.07) is -2.08. The van der Waals surface area contributed by atoms with Crippen LogP contribution in [-0.2, 0) is 33.4 Å². The van der Waals surface area contributed by atoms with E-state index in [0.717, 1.165) is 0 Å². The lowest BCUT2D eigenvalue weighted by molar-refractivity contribution is -0.165. The van der Waals surface area contributed by atoms with Crippen molar-refractivity contribution < 1.29 is 33.4 Å². The number of hydrogen-bond acceptors (Lipinski definition) is 11. The molecule has 2 atom stereocenters. The first-order valence-corrected chi connectivity index (χ1v) is 8.17. The van der Waals surface area contributed by atoms with Gasteiger partial charge in [0.1, 0.15) is 12.1 Å². The standard InChI is InChI=1S/C15H26N4O7/c16-7-1-3-9(18)13(22)25-12(21)6-5-11(20)15(24)26-14(23)10(19)4-2-8-17/h9-10H,1-8,16-19H2/t9-,10-/m0/s1. The quantitative estimate of drug-likeness (QED) is 0.161. The zero-order valence-corrected chi connectivity index (χ0v) is 14.5. The van der Waals surface area contributed by atoms with E-state index in [2.05, 4.69) is 9.47 Å². The van der Waals surface area contributed by atoms with Crippen molar-refractivity contribution in [2.45, 2.75) is 50.6 Å². The summed E-state index contributed by atoms with van der Waals surface area (Å²) >= 11 is 0. The van der Waals surface area contributed by atoms with Crippen LogP contribution in [0.25, 0.3) is 0 Å². The second-order valence-electron chi connectivity index (χ2n) is 5.50. The van der Waals surface area contributed by atoms with E-state index in [-0.39, 0.29) is 12.8 Å². The summed E-state index contributed by atoms with van der Waals surface area (Å²) in [4.78, 5) is 57.5. The third kappa shape index (κ3) is 9.93. The van der Waals surface area contributed by atoms with Crippen LogP contribution in [-0.4, -0.2) is 54.8 Å². The first kappa shape index (κ1) is 23.8. The Bertz CT molecular complexity index is 524. The van der Waals surface area contributed by atoms with Crippen LogP contribution in [0.1, 0.15) is 38.5 Å². The highest BCUT2D eigenvalue weighted by Crippen LogP contribution is 2.02. The molecule has 11 nitrogen and oxygen atoms in total. The lowest BCUT2D eigenvalue weighted by atomic mass is 10.1. The second-order valence-corrected chi connectivity index (χ2v) is 5.50. The van der Waals surface area contributed by atoms with Gasteiger partial charge in [-0.15, -0.1) is 0 Å². The number of esters is 4. The molecule has 8 N–H and O–H groups in total. The molecule has 0 saturated heterocycles. The van der Waals surface area contributed by atoms with Gasteiger partial charge in [-0.3, -0.25) is 9.59 Å². The van der Waals surface area contributed by atoms with E-state index in [1.165, 1.54) is 0 Å². The molecule has 0 amide bonds. The molecule has 148 valence electrons. The molecule has 0 radical (unpaired) electrons. The minimum atomic E-state index is -1.43. The van der Waals surface area contributed by atoms with E-state index < -0.39 is 54.6 Å². The Hall–Kier alpha value is -2.21. The maximum Gasteiger partial charge on any atom is 0.382 e. The lowest BCUT2D eigenvalue weighted by Gasteiger charge is -2.10. The summed E-state index contributed by atoms with van der Waals surface area (Å²) in [5, 5.41) is 0. The van der Waals surface area contributed by atoms with Gasteiger partial charge in [0.15, 0.2) is 0 Å². The number of nitrogens with two attached hydrogens (primary N) is 4. The molecule has 0 aliphatic heterocycles. The Morgan fingerprint density at radius 1 is 0.731 bits per heavy atom. The normalized spacial score (nSPS) is 12.8. The van der Waals surface area contributed by atoms with Crippen LogP contribution in [0.5, 0.6) is 0 Å². The molecule has 11 heteroatoms. The molecule has 0 spiro atoms. The van der Waals surface area contributed by atoms with Crippen LogP contribution in [0.4, 0.5) is 0 Å². The van der Waals surface area contributed by atoms with Crippen molar-refractivity contribution in [3.63, 3.8) is 0 Å². The monoisotopic (exact) mass is 374 g/mol. The van der Waals surface area contributed by atoms with E-state index in [1.54, 1.807) is 0 Å². The molecule has 0 saturated carbocycles. The minimum Gasteiger partial charge on any atom is -0.392 e. The summed E-state index contributed by atoms with van der Waals surface area (Å²) in [6.07, 6.45) is 0.253. The van der Waals surface area contributed by atoms with Gasteiger partial charge in [-0.1, -0.05) is 0 Å². The van der Waals surface area contributed by atoms with Gasteiger partial charge in [0.2, 0.25) is 5.78 Å². The lowest BCUT2D eigenvalue weighted by Crippen LogP contribution is -2.36. The fourth-order valence-corrected chi connectivity index (χ4v) is 1.69. The van der Waals surface area contributed by atoms with Crippen LogP contribution >= 0.6 is 0 Å². The van der Waals surface area contributed by atoms with Gasteiger partial charge < -0.3 is 32.4 Å². The van der Waals surface area contributed by atoms with Crippen LogP contribution < -0.4 is 22.9 Å². The topological polar surface area (TPSA) is 208 Å². The maximum absolute atomic E-state index is 11.6.